The number of carbonyl (C=O) groups excluding carboxylic acids is 1. The van der Waals surface area contributed by atoms with Crippen LogP contribution in [-0.4, -0.2) is 16.9 Å². The van der Waals surface area contributed by atoms with Crippen molar-refractivity contribution in [2.45, 2.75) is 51.9 Å². The third kappa shape index (κ3) is 5.32. The third-order valence-corrected chi connectivity index (χ3v) is 5.57. The lowest BCUT2D eigenvalue weighted by molar-refractivity contribution is -0.137. The number of hydrogen-bond donors (Lipinski definition) is 1. The van der Waals surface area contributed by atoms with Crippen molar-refractivity contribution in [3.8, 4) is 0 Å². The van der Waals surface area contributed by atoms with Gasteiger partial charge in [-0.3, -0.25) is 9.59 Å². The van der Waals surface area contributed by atoms with Crippen molar-refractivity contribution < 1.29 is 14.7 Å². The fraction of sp³-hybridized carbons (Fsp3) is 0.500. The molecule has 0 radical (unpaired) electrons. The van der Waals surface area contributed by atoms with Crippen LogP contribution in [0.5, 0.6) is 0 Å². The lowest BCUT2D eigenvalue weighted by Crippen LogP contribution is -2.31. The maximum atomic E-state index is 12.6. The molecule has 1 aliphatic rings. The molecule has 1 N–H and O–H groups in total. The molecule has 0 aromatic heterocycles. The van der Waals surface area contributed by atoms with E-state index in [1.165, 1.54) is 0 Å². The van der Waals surface area contributed by atoms with Crippen molar-refractivity contribution in [1.82, 2.24) is 0 Å². The first kappa shape index (κ1) is 20.0. The van der Waals surface area contributed by atoms with Crippen molar-refractivity contribution in [2.75, 3.05) is 0 Å². The quantitative estimate of drug-likeness (QED) is 0.558. The molecule has 5 heteroatoms. The first-order valence-electron chi connectivity index (χ1n) is 8.74. The minimum absolute atomic E-state index is 0.183. The predicted molar refractivity (Wildman–Crippen MR) is 102 cm³/mol. The van der Waals surface area contributed by atoms with E-state index in [0.29, 0.717) is 22.9 Å². The average molecular weight is 383 g/mol. The molecule has 0 heterocycles. The molecule has 1 saturated carbocycles. The van der Waals surface area contributed by atoms with Gasteiger partial charge in [0.05, 0.1) is 0 Å². The molecule has 0 amide bonds. The van der Waals surface area contributed by atoms with Gasteiger partial charge in [0.15, 0.2) is 0 Å². The van der Waals surface area contributed by atoms with Crippen LogP contribution in [0.25, 0.3) is 6.08 Å². The van der Waals surface area contributed by atoms with Gasteiger partial charge in [0.2, 0.25) is 0 Å². The van der Waals surface area contributed by atoms with Gasteiger partial charge in [-0.25, -0.2) is 0 Å². The van der Waals surface area contributed by atoms with E-state index < -0.39 is 11.4 Å². The summed E-state index contributed by atoms with van der Waals surface area (Å²) in [5, 5.41) is 9.89. The zero-order valence-corrected chi connectivity index (χ0v) is 15.9. The maximum Gasteiger partial charge on any atom is 0.303 e. The fourth-order valence-electron chi connectivity index (χ4n) is 3.68. The van der Waals surface area contributed by atoms with Crippen LogP contribution >= 0.6 is 23.2 Å². The second kappa shape index (κ2) is 8.86. The van der Waals surface area contributed by atoms with Crippen molar-refractivity contribution in [3.05, 3.63) is 39.9 Å². The highest BCUT2D eigenvalue weighted by Crippen LogP contribution is 2.45. The van der Waals surface area contributed by atoms with E-state index in [2.05, 4.69) is 6.92 Å². The van der Waals surface area contributed by atoms with Crippen LogP contribution in [0.1, 0.15) is 57.4 Å². The van der Waals surface area contributed by atoms with E-state index in [9.17, 15) is 9.59 Å². The molecule has 2 rings (SSSR count). The molecule has 1 aromatic rings. The van der Waals surface area contributed by atoms with Gasteiger partial charge >= 0.3 is 5.97 Å². The summed E-state index contributed by atoms with van der Waals surface area (Å²) in [6.07, 6.45) is 8.82. The van der Waals surface area contributed by atoms with Crippen LogP contribution < -0.4 is 0 Å². The lowest BCUT2D eigenvalue weighted by Gasteiger charge is -2.31. The predicted octanol–water partition coefficient (Wildman–Crippen LogP) is 6.03. The average Bonchev–Trinajstić information content (AvgIpc) is 2.90. The van der Waals surface area contributed by atoms with Crippen LogP contribution in [0.2, 0.25) is 10.0 Å². The summed E-state index contributed by atoms with van der Waals surface area (Å²) in [5.74, 6) is -0.304. The molecule has 1 aromatic carbocycles. The van der Waals surface area contributed by atoms with Crippen molar-refractivity contribution in [3.63, 3.8) is 0 Å². The smallest absolute Gasteiger partial charge is 0.303 e. The number of Topliss-reactive ketones (excluding diaryl/α,β-unsaturated/α-hetero) is 1. The minimum Gasteiger partial charge on any atom is -0.481 e. The molecule has 2 unspecified atom stereocenters. The molecule has 1 fully saturated rings. The number of ketones is 1. The van der Waals surface area contributed by atoms with Gasteiger partial charge in [0, 0.05) is 28.3 Å². The van der Waals surface area contributed by atoms with Gasteiger partial charge in [-0.15, -0.1) is 0 Å². The molecule has 0 aliphatic heterocycles. The number of aliphatic carboxylic acids is 1. The van der Waals surface area contributed by atoms with Crippen molar-refractivity contribution >= 4 is 41.0 Å². The Kier molecular flexibility index (Phi) is 7.09. The van der Waals surface area contributed by atoms with Crippen molar-refractivity contribution in [1.29, 1.82) is 0 Å². The van der Waals surface area contributed by atoms with E-state index in [1.54, 1.807) is 6.07 Å². The molecule has 0 spiro atoms. The Hall–Kier alpha value is -1.32. The van der Waals surface area contributed by atoms with E-state index >= 15 is 0 Å². The summed E-state index contributed by atoms with van der Waals surface area (Å²) in [6, 6.07) is 5.34. The Bertz CT molecular complexity index is 649. The number of unbranched alkanes of at least 4 members (excludes halogenated alkanes) is 1. The maximum absolute atomic E-state index is 12.6. The number of carbonyl (C=O) groups is 2. The topological polar surface area (TPSA) is 54.4 Å². The molecular formula is C20H24Cl2O3. The van der Waals surface area contributed by atoms with Crippen LogP contribution in [0, 0.1) is 11.3 Å². The molecular weight excluding hydrogens is 359 g/mol. The van der Waals surface area contributed by atoms with Crippen LogP contribution in [0.4, 0.5) is 0 Å². The largest absolute Gasteiger partial charge is 0.481 e. The van der Waals surface area contributed by atoms with Crippen molar-refractivity contribution in [2.24, 2.45) is 11.3 Å². The second-order valence-corrected chi connectivity index (χ2v) is 7.77. The number of allylic oxidation sites excluding steroid dienone is 1. The number of rotatable bonds is 8. The molecule has 3 nitrogen and oxygen atoms in total. The summed E-state index contributed by atoms with van der Waals surface area (Å²) in [4.78, 5) is 23.3. The number of hydrogen-bond acceptors (Lipinski definition) is 2. The van der Waals surface area contributed by atoms with E-state index in [1.807, 2.05) is 24.3 Å². The number of carboxylic acid groups (broad SMARTS) is 1. The van der Waals surface area contributed by atoms with Crippen LogP contribution in [-0.2, 0) is 9.59 Å². The minimum atomic E-state index is -0.767. The standard InChI is InChI=1S/C20H24Cl2O3/c1-14(5-2-3-7-19(24)25)20(9-4-6-18(20)23)10-8-15-11-16(21)13-17(22)12-15/h8,10-14H,2-7,9H2,1H3,(H,24,25). The van der Waals surface area contributed by atoms with Crippen LogP contribution in [0.15, 0.2) is 24.3 Å². The van der Waals surface area contributed by atoms with Gasteiger partial charge in [-0.2, -0.15) is 0 Å². The Morgan fingerprint density at radius 2 is 1.96 bits per heavy atom. The van der Waals surface area contributed by atoms with Gasteiger partial charge < -0.3 is 5.11 Å². The highest BCUT2D eigenvalue weighted by molar-refractivity contribution is 6.34. The molecule has 0 bridgehead atoms. The molecule has 136 valence electrons. The van der Waals surface area contributed by atoms with E-state index in [4.69, 9.17) is 28.3 Å². The zero-order chi connectivity index (χ0) is 18.4. The summed E-state index contributed by atoms with van der Waals surface area (Å²) >= 11 is 12.1. The number of benzene rings is 1. The van der Waals surface area contributed by atoms with Gasteiger partial charge in [0.1, 0.15) is 5.78 Å². The molecule has 25 heavy (non-hydrogen) atoms. The first-order valence-corrected chi connectivity index (χ1v) is 9.49. The molecule has 2 atom stereocenters. The van der Waals surface area contributed by atoms with Crippen LogP contribution in [0.3, 0.4) is 0 Å². The highest BCUT2D eigenvalue weighted by Gasteiger charge is 2.43. The summed E-state index contributed by atoms with van der Waals surface area (Å²) in [5.41, 5.74) is 0.424. The van der Waals surface area contributed by atoms with Gasteiger partial charge in [0.25, 0.3) is 0 Å². The third-order valence-electron chi connectivity index (χ3n) is 5.13. The van der Waals surface area contributed by atoms with Gasteiger partial charge in [-0.05, 0) is 55.4 Å². The highest BCUT2D eigenvalue weighted by atomic mass is 35.5. The summed E-state index contributed by atoms with van der Waals surface area (Å²) < 4.78 is 0. The Morgan fingerprint density at radius 1 is 1.28 bits per heavy atom. The monoisotopic (exact) mass is 382 g/mol. The number of halogens is 2. The normalized spacial score (nSPS) is 21.8. The fourth-order valence-corrected chi connectivity index (χ4v) is 4.22. The van der Waals surface area contributed by atoms with E-state index in [-0.39, 0.29) is 18.1 Å². The molecule has 0 saturated heterocycles. The second-order valence-electron chi connectivity index (χ2n) is 6.89. The molecule has 1 aliphatic carbocycles. The zero-order valence-electron chi connectivity index (χ0n) is 14.4. The Labute approximate surface area is 159 Å². The SMILES string of the molecule is CC(CCCCC(=O)O)C1(C=Cc2cc(Cl)cc(Cl)c2)CCCC1=O. The Balaban J connectivity index is 2.13. The Morgan fingerprint density at radius 3 is 2.52 bits per heavy atom. The number of carboxylic acids is 1. The lowest BCUT2D eigenvalue weighted by atomic mass is 9.71. The first-order chi connectivity index (χ1) is 11.8. The summed E-state index contributed by atoms with van der Waals surface area (Å²) in [7, 11) is 0. The van der Waals surface area contributed by atoms with E-state index in [0.717, 1.165) is 31.2 Å². The summed E-state index contributed by atoms with van der Waals surface area (Å²) in [6.45, 7) is 2.10. The van der Waals surface area contributed by atoms with Gasteiger partial charge in [-0.1, -0.05) is 48.7 Å².